The van der Waals surface area contributed by atoms with Gasteiger partial charge in [0.15, 0.2) is 0 Å². The number of benzene rings is 1. The average molecular weight is 370 g/mol. The molecule has 1 aliphatic heterocycles. The summed E-state index contributed by atoms with van der Waals surface area (Å²) in [5, 5.41) is 3.48. The molecule has 0 saturated carbocycles. The maximum atomic E-state index is 12.3. The summed E-state index contributed by atoms with van der Waals surface area (Å²) in [6.45, 7) is 4.90. The lowest BCUT2D eigenvalue weighted by molar-refractivity contribution is -0.122. The number of amides is 1. The Morgan fingerprint density at radius 2 is 2.15 bits per heavy atom. The van der Waals surface area contributed by atoms with Crippen LogP contribution in [-0.4, -0.2) is 60.3 Å². The number of nitrogens with zero attached hydrogens (tertiary/aromatic N) is 3. The van der Waals surface area contributed by atoms with Crippen molar-refractivity contribution in [3.8, 4) is 0 Å². The summed E-state index contributed by atoms with van der Waals surface area (Å²) in [4.78, 5) is 30.6. The predicted octanol–water partition coefficient (Wildman–Crippen LogP) is 1.27. The Labute approximate surface area is 158 Å². The van der Waals surface area contributed by atoms with E-state index in [4.69, 9.17) is 4.74 Å². The number of fused-ring (bicyclic) bond motifs is 1. The molecular weight excluding hydrogens is 344 g/mol. The van der Waals surface area contributed by atoms with Crippen LogP contribution < -0.4 is 10.9 Å². The quantitative estimate of drug-likeness (QED) is 0.743. The minimum atomic E-state index is -0.176. The van der Waals surface area contributed by atoms with Crippen molar-refractivity contribution in [1.29, 1.82) is 0 Å². The normalized spacial score (nSPS) is 15.0. The summed E-state index contributed by atoms with van der Waals surface area (Å²) >= 11 is 0. The zero-order valence-corrected chi connectivity index (χ0v) is 15.9. The molecule has 7 nitrogen and oxygen atoms in total. The van der Waals surface area contributed by atoms with Crippen LogP contribution >= 0.6 is 0 Å². The van der Waals surface area contributed by atoms with Crippen molar-refractivity contribution in [2.45, 2.75) is 19.8 Å². The summed E-state index contributed by atoms with van der Waals surface area (Å²) in [7, 11) is 1.61. The summed E-state index contributed by atoms with van der Waals surface area (Å²) < 4.78 is 7.05. The molecule has 1 amide bonds. The first-order valence-electron chi connectivity index (χ1n) is 9.32. The van der Waals surface area contributed by atoms with E-state index >= 15 is 0 Å². The number of rotatable bonds is 7. The number of nitrogens with one attached hydrogen (secondary N) is 1. The Bertz CT molecular complexity index is 904. The number of ether oxygens (including phenoxy) is 1. The van der Waals surface area contributed by atoms with Gasteiger partial charge in [0, 0.05) is 45.3 Å². The molecule has 2 heterocycles. The Balaban J connectivity index is 1.79. The van der Waals surface area contributed by atoms with Gasteiger partial charge in [-0.3, -0.25) is 14.5 Å². The van der Waals surface area contributed by atoms with Gasteiger partial charge in [0.25, 0.3) is 5.56 Å². The van der Waals surface area contributed by atoms with Gasteiger partial charge in [-0.25, -0.2) is 0 Å². The molecule has 1 aliphatic rings. The van der Waals surface area contributed by atoms with E-state index in [1.165, 1.54) is 0 Å². The molecule has 0 saturated heterocycles. The highest BCUT2D eigenvalue weighted by molar-refractivity contribution is 5.82. The summed E-state index contributed by atoms with van der Waals surface area (Å²) in [5.41, 5.74) is 1.85. The Morgan fingerprint density at radius 3 is 2.85 bits per heavy atom. The smallest absolute Gasteiger partial charge is 0.280 e. The van der Waals surface area contributed by atoms with Gasteiger partial charge in [0.05, 0.1) is 24.1 Å². The van der Waals surface area contributed by atoms with Crippen molar-refractivity contribution in [3.63, 3.8) is 0 Å². The van der Waals surface area contributed by atoms with Crippen LogP contribution in [0.2, 0.25) is 0 Å². The standard InChI is InChI=1S/C20H26N4O3/c1-3-18-22-20(26)16-6-4-5-7-17(16)24(18)15-8-11-23(12-9-15)14-19(25)21-10-13-27-2/h4-8H,3,9-14H2,1-2H3,(H,21,25). The maximum absolute atomic E-state index is 12.3. The highest BCUT2D eigenvalue weighted by Crippen LogP contribution is 2.22. The molecule has 27 heavy (non-hydrogen) atoms. The fraction of sp³-hybridized carbons (Fsp3) is 0.450. The summed E-state index contributed by atoms with van der Waals surface area (Å²) in [5.74, 6) is 0.782. The molecular formula is C20H26N4O3. The number of aryl methyl sites for hydroxylation is 1. The molecule has 2 aromatic rings. The minimum absolute atomic E-state index is 0.00799. The number of para-hydroxylation sites is 1. The fourth-order valence-corrected chi connectivity index (χ4v) is 3.37. The second-order valence-corrected chi connectivity index (χ2v) is 6.56. The number of carbonyl (C=O) groups is 1. The molecule has 1 aromatic carbocycles. The predicted molar refractivity (Wildman–Crippen MR) is 106 cm³/mol. The van der Waals surface area contributed by atoms with E-state index in [0.29, 0.717) is 38.0 Å². The molecule has 0 bridgehead atoms. The van der Waals surface area contributed by atoms with E-state index in [1.807, 2.05) is 31.2 Å². The number of hydrogen-bond acceptors (Lipinski definition) is 5. The highest BCUT2D eigenvalue weighted by atomic mass is 16.5. The molecule has 1 N–H and O–H groups in total. The molecule has 7 heteroatoms. The van der Waals surface area contributed by atoms with E-state index in [2.05, 4.69) is 25.8 Å². The number of carbonyl (C=O) groups excluding carboxylic acids is 1. The van der Waals surface area contributed by atoms with Gasteiger partial charge in [-0.1, -0.05) is 25.1 Å². The van der Waals surface area contributed by atoms with Crippen LogP contribution in [0.3, 0.4) is 0 Å². The summed E-state index contributed by atoms with van der Waals surface area (Å²) in [6.07, 6.45) is 3.61. The third-order valence-electron chi connectivity index (χ3n) is 4.73. The molecule has 144 valence electrons. The average Bonchev–Trinajstić information content (AvgIpc) is 2.69. The van der Waals surface area contributed by atoms with Crippen molar-refractivity contribution in [1.82, 2.24) is 19.8 Å². The number of methoxy groups -OCH3 is 1. The topological polar surface area (TPSA) is 76.5 Å². The van der Waals surface area contributed by atoms with Crippen LogP contribution in [0.4, 0.5) is 0 Å². The lowest BCUT2D eigenvalue weighted by atomic mass is 10.1. The van der Waals surface area contributed by atoms with Crippen molar-refractivity contribution in [3.05, 3.63) is 46.5 Å². The third kappa shape index (κ3) is 4.43. The second kappa shape index (κ2) is 8.92. The van der Waals surface area contributed by atoms with Gasteiger partial charge in [-0.05, 0) is 12.1 Å². The first-order valence-corrected chi connectivity index (χ1v) is 9.32. The van der Waals surface area contributed by atoms with Crippen LogP contribution in [0.1, 0.15) is 19.2 Å². The van der Waals surface area contributed by atoms with E-state index in [1.54, 1.807) is 7.11 Å². The van der Waals surface area contributed by atoms with Crippen LogP contribution in [0.5, 0.6) is 0 Å². The lowest BCUT2D eigenvalue weighted by Gasteiger charge is -2.28. The number of aromatic nitrogens is 2. The monoisotopic (exact) mass is 370 g/mol. The fourth-order valence-electron chi connectivity index (χ4n) is 3.37. The molecule has 0 radical (unpaired) electrons. The first kappa shape index (κ1) is 19.3. The van der Waals surface area contributed by atoms with Crippen molar-refractivity contribution in [2.24, 2.45) is 0 Å². The molecule has 0 unspecified atom stereocenters. The van der Waals surface area contributed by atoms with Gasteiger partial charge in [0.2, 0.25) is 5.91 Å². The van der Waals surface area contributed by atoms with Crippen molar-refractivity contribution < 1.29 is 9.53 Å². The van der Waals surface area contributed by atoms with Crippen LogP contribution in [0, 0.1) is 0 Å². The molecule has 0 spiro atoms. The Kier molecular flexibility index (Phi) is 6.36. The molecule has 3 rings (SSSR count). The van der Waals surface area contributed by atoms with E-state index in [-0.39, 0.29) is 11.5 Å². The van der Waals surface area contributed by atoms with Gasteiger partial charge in [-0.15, -0.1) is 0 Å². The minimum Gasteiger partial charge on any atom is -0.383 e. The van der Waals surface area contributed by atoms with Gasteiger partial charge in [-0.2, -0.15) is 4.98 Å². The largest absolute Gasteiger partial charge is 0.383 e. The Hall–Kier alpha value is -2.51. The lowest BCUT2D eigenvalue weighted by Crippen LogP contribution is -2.40. The number of hydrogen-bond donors (Lipinski definition) is 1. The molecule has 0 fully saturated rings. The van der Waals surface area contributed by atoms with Crippen LogP contribution in [-0.2, 0) is 16.0 Å². The zero-order valence-electron chi connectivity index (χ0n) is 15.9. The van der Waals surface area contributed by atoms with Gasteiger partial charge < -0.3 is 14.6 Å². The van der Waals surface area contributed by atoms with Gasteiger partial charge in [0.1, 0.15) is 5.82 Å². The van der Waals surface area contributed by atoms with Gasteiger partial charge >= 0.3 is 0 Å². The molecule has 0 aliphatic carbocycles. The molecule has 1 aromatic heterocycles. The maximum Gasteiger partial charge on any atom is 0.280 e. The van der Waals surface area contributed by atoms with Crippen LogP contribution in [0.25, 0.3) is 16.6 Å². The highest BCUT2D eigenvalue weighted by Gasteiger charge is 2.18. The van der Waals surface area contributed by atoms with E-state index in [9.17, 15) is 9.59 Å². The van der Waals surface area contributed by atoms with Crippen LogP contribution in [0.15, 0.2) is 35.1 Å². The van der Waals surface area contributed by atoms with E-state index in [0.717, 1.165) is 30.0 Å². The van der Waals surface area contributed by atoms with Crippen molar-refractivity contribution >= 4 is 22.5 Å². The second-order valence-electron chi connectivity index (χ2n) is 6.56. The molecule has 0 atom stereocenters. The first-order chi connectivity index (χ1) is 13.1. The SMILES string of the molecule is CCc1nc(=O)c2ccccc2n1C1=CCN(CC(=O)NCCOC)CC1. The Morgan fingerprint density at radius 1 is 1.33 bits per heavy atom. The third-order valence-corrected chi connectivity index (χ3v) is 4.73. The van der Waals surface area contributed by atoms with E-state index < -0.39 is 0 Å². The summed E-state index contributed by atoms with van der Waals surface area (Å²) in [6, 6.07) is 7.59. The van der Waals surface area contributed by atoms with Crippen molar-refractivity contribution in [2.75, 3.05) is 39.9 Å². The zero-order chi connectivity index (χ0) is 19.2.